The van der Waals surface area contributed by atoms with E-state index in [1.807, 2.05) is 13.8 Å². The maximum Gasteiger partial charge on any atom is 0.323 e. The van der Waals surface area contributed by atoms with Crippen molar-refractivity contribution in [2.75, 3.05) is 6.61 Å². The highest BCUT2D eigenvalue weighted by Crippen LogP contribution is 1.99. The van der Waals surface area contributed by atoms with Crippen LogP contribution in [0.5, 0.6) is 0 Å². The van der Waals surface area contributed by atoms with E-state index in [9.17, 15) is 4.79 Å². The first kappa shape index (κ1) is 15.1. The second kappa shape index (κ2) is 8.24. The van der Waals surface area contributed by atoms with Crippen LogP contribution in [0.25, 0.3) is 0 Å². The van der Waals surface area contributed by atoms with Gasteiger partial charge in [-0.3, -0.25) is 4.79 Å². The Balaban J connectivity index is 0. The molecule has 0 fully saturated rings. The van der Waals surface area contributed by atoms with Crippen molar-refractivity contribution in [2.24, 2.45) is 11.7 Å². The summed E-state index contributed by atoms with van der Waals surface area (Å²) < 4.78 is 4.70. The normalized spacial score (nSPS) is 11.2. The molecule has 0 amide bonds. The average Bonchev–Trinajstić information content (AvgIpc) is 2.02. The summed E-state index contributed by atoms with van der Waals surface area (Å²) >= 11 is 0. The Bertz CT molecular complexity index is 179. The number of nitrogens with two attached hydrogens (primary N) is 1. The van der Waals surface area contributed by atoms with Gasteiger partial charge in [0, 0.05) is 0 Å². The summed E-state index contributed by atoms with van der Waals surface area (Å²) in [4.78, 5) is 19.2. The van der Waals surface area contributed by atoms with Gasteiger partial charge in [0.25, 0.3) is 5.09 Å². The Kier molecular flexibility index (Phi) is 8.90. The molecule has 0 aliphatic carbocycles. The molecule has 14 heavy (non-hydrogen) atoms. The molecule has 0 saturated carbocycles. The molecule has 0 aromatic carbocycles. The number of ether oxygens (including phenoxy) is 1. The molecule has 0 unspecified atom stereocenters. The summed E-state index contributed by atoms with van der Waals surface area (Å²) in [7, 11) is 0. The molecule has 84 valence electrons. The Morgan fingerprint density at radius 1 is 1.64 bits per heavy atom. The van der Waals surface area contributed by atoms with Crippen LogP contribution in [0, 0.1) is 16.0 Å². The van der Waals surface area contributed by atoms with Crippen molar-refractivity contribution < 1.29 is 19.8 Å². The van der Waals surface area contributed by atoms with Crippen LogP contribution in [0.15, 0.2) is 0 Å². The van der Waals surface area contributed by atoms with Crippen molar-refractivity contribution in [1.29, 1.82) is 0 Å². The molecule has 0 aliphatic heterocycles. The highest BCUT2D eigenvalue weighted by molar-refractivity contribution is 5.75. The van der Waals surface area contributed by atoms with Crippen LogP contribution in [0.2, 0.25) is 0 Å². The topological polar surface area (TPSA) is 116 Å². The van der Waals surface area contributed by atoms with Crippen molar-refractivity contribution in [2.45, 2.75) is 26.8 Å². The van der Waals surface area contributed by atoms with E-state index in [0.717, 1.165) is 0 Å². The maximum absolute atomic E-state index is 10.8. The van der Waals surface area contributed by atoms with E-state index in [4.69, 9.17) is 25.8 Å². The molecule has 0 rings (SSSR count). The first-order valence-corrected chi connectivity index (χ1v) is 4.08. The molecule has 3 N–H and O–H groups in total. The Labute approximate surface area is 82.0 Å². The van der Waals surface area contributed by atoms with E-state index in [1.165, 1.54) is 0 Å². The second-order valence-corrected chi connectivity index (χ2v) is 2.76. The molecule has 0 bridgehead atoms. The fourth-order valence-electron chi connectivity index (χ4n) is 0.511. The van der Waals surface area contributed by atoms with Gasteiger partial charge < -0.3 is 15.7 Å². The van der Waals surface area contributed by atoms with Gasteiger partial charge in [-0.25, -0.2) is 0 Å². The van der Waals surface area contributed by atoms with Gasteiger partial charge >= 0.3 is 5.97 Å². The third-order valence-corrected chi connectivity index (χ3v) is 1.28. The summed E-state index contributed by atoms with van der Waals surface area (Å²) in [6, 6.07) is -0.472. The quantitative estimate of drug-likeness (QED) is 0.388. The molecule has 7 heteroatoms. The molecule has 0 aromatic rings. The summed E-state index contributed by atoms with van der Waals surface area (Å²) in [5, 5.41) is 13.6. The lowest BCUT2D eigenvalue weighted by Crippen LogP contribution is -2.36. The zero-order chi connectivity index (χ0) is 11.7. The molecule has 7 nitrogen and oxygen atoms in total. The van der Waals surface area contributed by atoms with E-state index in [1.54, 1.807) is 6.92 Å². The predicted molar refractivity (Wildman–Crippen MR) is 48.2 cm³/mol. The van der Waals surface area contributed by atoms with Gasteiger partial charge in [0.05, 0.1) is 6.61 Å². The molecular formula is C7H16N2O5. The number of nitrogens with zero attached hydrogens (tertiary/aromatic N) is 1. The van der Waals surface area contributed by atoms with Gasteiger partial charge in [0.15, 0.2) is 0 Å². The maximum atomic E-state index is 10.8. The predicted octanol–water partition coefficient (Wildman–Crippen LogP) is 0.185. The smallest absolute Gasteiger partial charge is 0.323 e. The van der Waals surface area contributed by atoms with E-state index >= 15 is 0 Å². The highest BCUT2D eigenvalue weighted by Gasteiger charge is 2.17. The molecule has 0 aliphatic rings. The fourth-order valence-corrected chi connectivity index (χ4v) is 0.511. The monoisotopic (exact) mass is 208 g/mol. The van der Waals surface area contributed by atoms with Crippen LogP contribution in [0.3, 0.4) is 0 Å². The van der Waals surface area contributed by atoms with Crippen molar-refractivity contribution in [3.63, 3.8) is 0 Å². The van der Waals surface area contributed by atoms with Crippen LogP contribution in [0.1, 0.15) is 20.8 Å². The highest BCUT2D eigenvalue weighted by atomic mass is 16.9. The zero-order valence-corrected chi connectivity index (χ0v) is 8.47. The largest absolute Gasteiger partial charge is 0.465 e. The van der Waals surface area contributed by atoms with Gasteiger partial charge in [-0.1, -0.05) is 13.8 Å². The molecule has 0 saturated heterocycles. The zero-order valence-electron chi connectivity index (χ0n) is 8.47. The fraction of sp³-hybridized carbons (Fsp3) is 0.857. The summed E-state index contributed by atoms with van der Waals surface area (Å²) in [5.74, 6) is -0.156. The lowest BCUT2D eigenvalue weighted by atomic mass is 10.1. The first-order valence-electron chi connectivity index (χ1n) is 4.08. The molecular weight excluding hydrogens is 192 g/mol. The molecule has 0 spiro atoms. The number of carbonyl (C=O) groups excluding carboxylic acids is 1. The van der Waals surface area contributed by atoms with Crippen LogP contribution >= 0.6 is 0 Å². The molecule has 0 heterocycles. The Hall–Kier alpha value is -1.37. The molecule has 0 radical (unpaired) electrons. The van der Waals surface area contributed by atoms with E-state index in [2.05, 4.69) is 0 Å². The van der Waals surface area contributed by atoms with Gasteiger partial charge in [-0.15, -0.1) is 10.1 Å². The van der Waals surface area contributed by atoms with E-state index < -0.39 is 11.1 Å². The summed E-state index contributed by atoms with van der Waals surface area (Å²) in [6.07, 6.45) is 0. The number of carbonyl (C=O) groups is 1. The van der Waals surface area contributed by atoms with Gasteiger partial charge in [-0.05, 0) is 12.8 Å². The average molecular weight is 208 g/mol. The number of esters is 1. The van der Waals surface area contributed by atoms with Gasteiger partial charge in [0.1, 0.15) is 6.04 Å². The van der Waals surface area contributed by atoms with Crippen molar-refractivity contribution in [3.8, 4) is 0 Å². The number of hydrogen-bond acceptors (Lipinski definition) is 5. The van der Waals surface area contributed by atoms with Crippen LogP contribution < -0.4 is 5.73 Å². The minimum absolute atomic E-state index is 0.152. The lowest BCUT2D eigenvalue weighted by Gasteiger charge is -2.12. The number of hydrogen-bond donors (Lipinski definition) is 2. The Morgan fingerprint density at radius 3 is 2.21 bits per heavy atom. The summed E-state index contributed by atoms with van der Waals surface area (Å²) in [5.41, 5.74) is 5.47. The van der Waals surface area contributed by atoms with E-state index in [0.29, 0.717) is 6.61 Å². The van der Waals surface area contributed by atoms with Gasteiger partial charge in [-0.2, -0.15) is 0 Å². The van der Waals surface area contributed by atoms with Gasteiger partial charge in [0.2, 0.25) is 0 Å². The third kappa shape index (κ3) is 10.6. The number of rotatable bonds is 3. The van der Waals surface area contributed by atoms with Crippen molar-refractivity contribution in [3.05, 3.63) is 10.1 Å². The molecule has 0 aromatic heterocycles. The Morgan fingerprint density at radius 2 is 2.00 bits per heavy atom. The second-order valence-electron chi connectivity index (χ2n) is 2.76. The lowest BCUT2D eigenvalue weighted by molar-refractivity contribution is -0.742. The minimum Gasteiger partial charge on any atom is -0.465 e. The molecule has 1 atom stereocenters. The minimum atomic E-state index is -1.50. The third-order valence-electron chi connectivity index (χ3n) is 1.28. The van der Waals surface area contributed by atoms with Crippen molar-refractivity contribution >= 4 is 5.97 Å². The van der Waals surface area contributed by atoms with Crippen LogP contribution in [-0.2, 0) is 9.53 Å². The standard InChI is InChI=1S/C7H15NO2.HNO3/c1-4-10-7(9)6(8)5(2)3;2-1(3)4/h5-6H,4,8H2,1-3H3;(H,2,3,4)/t6-;/m0./s1. The van der Waals surface area contributed by atoms with E-state index in [-0.39, 0.29) is 11.9 Å². The first-order chi connectivity index (χ1) is 6.32. The van der Waals surface area contributed by atoms with Crippen LogP contribution in [0.4, 0.5) is 0 Å². The SMILES string of the molecule is CCOC(=O)[C@@H](N)C(C)C.O=[N+]([O-])O. The summed E-state index contributed by atoms with van der Waals surface area (Å²) in [6.45, 7) is 5.95. The van der Waals surface area contributed by atoms with Crippen molar-refractivity contribution in [1.82, 2.24) is 0 Å². The van der Waals surface area contributed by atoms with Crippen LogP contribution in [-0.4, -0.2) is 28.9 Å².